The molecule has 0 amide bonds. The number of ketones is 1. The first kappa shape index (κ1) is 10.5. The summed E-state index contributed by atoms with van der Waals surface area (Å²) >= 11 is 6.13. The van der Waals surface area contributed by atoms with E-state index in [0.29, 0.717) is 18.6 Å². The third kappa shape index (κ3) is 2.15. The van der Waals surface area contributed by atoms with Gasteiger partial charge in [0, 0.05) is 25.4 Å². The van der Waals surface area contributed by atoms with Crippen molar-refractivity contribution >= 4 is 23.1 Å². The lowest BCUT2D eigenvalue weighted by Crippen LogP contribution is -2.41. The molecule has 0 radical (unpaired) electrons. The van der Waals surface area contributed by atoms with Gasteiger partial charge in [-0.15, -0.1) is 0 Å². The van der Waals surface area contributed by atoms with E-state index in [1.807, 2.05) is 24.3 Å². The van der Waals surface area contributed by atoms with E-state index in [1.165, 1.54) is 0 Å². The lowest BCUT2D eigenvalue weighted by atomic mass is 10.0. The molecule has 2 nitrogen and oxygen atoms in total. The Morgan fingerprint density at radius 2 is 2.13 bits per heavy atom. The average Bonchev–Trinajstić information content (AvgIpc) is 2.20. The minimum absolute atomic E-state index is 0.256. The van der Waals surface area contributed by atoms with Gasteiger partial charge in [-0.2, -0.15) is 0 Å². The molecule has 0 saturated carbocycles. The van der Waals surface area contributed by atoms with E-state index in [-0.39, 0.29) is 6.04 Å². The van der Waals surface area contributed by atoms with E-state index in [4.69, 9.17) is 11.6 Å². The zero-order valence-electron chi connectivity index (χ0n) is 8.74. The van der Waals surface area contributed by atoms with Gasteiger partial charge in [-0.3, -0.25) is 4.79 Å². The van der Waals surface area contributed by atoms with Crippen molar-refractivity contribution in [1.82, 2.24) is 0 Å². The Kier molecular flexibility index (Phi) is 2.96. The number of hydrogen-bond donors (Lipinski definition) is 0. The maximum absolute atomic E-state index is 11.3. The molecule has 0 N–H and O–H groups in total. The quantitative estimate of drug-likeness (QED) is 0.730. The van der Waals surface area contributed by atoms with Gasteiger partial charge in [-0.25, -0.2) is 0 Å². The third-order valence-corrected chi connectivity index (χ3v) is 3.17. The number of nitrogens with zero attached hydrogens (tertiary/aromatic N) is 1. The fourth-order valence-electron chi connectivity index (χ4n) is 2.05. The van der Waals surface area contributed by atoms with Crippen LogP contribution in [-0.2, 0) is 4.79 Å². The monoisotopic (exact) mass is 223 g/mol. The zero-order valence-corrected chi connectivity index (χ0v) is 9.50. The molecule has 0 aromatic heterocycles. The summed E-state index contributed by atoms with van der Waals surface area (Å²) in [7, 11) is 0. The van der Waals surface area contributed by atoms with Gasteiger partial charge < -0.3 is 4.90 Å². The van der Waals surface area contributed by atoms with Crippen LogP contribution in [0.25, 0.3) is 0 Å². The molecule has 0 aliphatic carbocycles. The van der Waals surface area contributed by atoms with Crippen molar-refractivity contribution in [3.8, 4) is 0 Å². The van der Waals surface area contributed by atoms with Crippen molar-refractivity contribution in [2.45, 2.75) is 25.8 Å². The van der Waals surface area contributed by atoms with E-state index in [1.54, 1.807) is 0 Å². The zero-order chi connectivity index (χ0) is 10.8. The standard InChI is InChI=1S/C12H14ClNO/c1-9-8-10(15)6-7-14(9)12-5-3-2-4-11(12)13/h2-5,9H,6-8H2,1H3. The fraction of sp³-hybridized carbons (Fsp3) is 0.417. The van der Waals surface area contributed by atoms with Crippen LogP contribution >= 0.6 is 11.6 Å². The summed E-state index contributed by atoms with van der Waals surface area (Å²) < 4.78 is 0. The number of piperidine rings is 1. The van der Waals surface area contributed by atoms with E-state index in [0.717, 1.165) is 17.3 Å². The maximum Gasteiger partial charge on any atom is 0.136 e. The summed E-state index contributed by atoms with van der Waals surface area (Å²) in [4.78, 5) is 13.5. The van der Waals surface area contributed by atoms with Crippen molar-refractivity contribution in [2.75, 3.05) is 11.4 Å². The molecule has 2 rings (SSSR count). The highest BCUT2D eigenvalue weighted by molar-refractivity contribution is 6.33. The number of rotatable bonds is 1. The van der Waals surface area contributed by atoms with Gasteiger partial charge >= 0.3 is 0 Å². The largest absolute Gasteiger partial charge is 0.367 e. The number of Topliss-reactive ketones (excluding diaryl/α,β-unsaturated/α-hetero) is 1. The molecule has 1 aromatic carbocycles. The van der Waals surface area contributed by atoms with Crippen LogP contribution in [0.3, 0.4) is 0 Å². The molecule has 1 saturated heterocycles. The summed E-state index contributed by atoms with van der Waals surface area (Å²) in [6.45, 7) is 2.85. The predicted octanol–water partition coefficient (Wildman–Crippen LogP) is 2.90. The van der Waals surface area contributed by atoms with Gasteiger partial charge in [0.1, 0.15) is 5.78 Å². The summed E-state index contributed by atoms with van der Waals surface area (Å²) in [6, 6.07) is 8.05. The van der Waals surface area contributed by atoms with Crippen LogP contribution in [0.1, 0.15) is 19.8 Å². The predicted molar refractivity (Wildman–Crippen MR) is 62.5 cm³/mol. The second-order valence-corrected chi connectivity index (χ2v) is 4.39. The van der Waals surface area contributed by atoms with E-state index < -0.39 is 0 Å². The van der Waals surface area contributed by atoms with Gasteiger partial charge in [0.25, 0.3) is 0 Å². The first-order chi connectivity index (χ1) is 7.18. The van der Waals surface area contributed by atoms with Crippen molar-refractivity contribution in [1.29, 1.82) is 0 Å². The highest BCUT2D eigenvalue weighted by atomic mass is 35.5. The van der Waals surface area contributed by atoms with Gasteiger partial charge in [-0.05, 0) is 19.1 Å². The van der Waals surface area contributed by atoms with Crippen molar-refractivity contribution in [3.63, 3.8) is 0 Å². The van der Waals surface area contributed by atoms with Crippen LogP contribution in [0, 0.1) is 0 Å². The Labute approximate surface area is 94.8 Å². The molecule has 80 valence electrons. The average molecular weight is 224 g/mol. The van der Waals surface area contributed by atoms with Crippen LogP contribution < -0.4 is 4.90 Å². The summed E-state index contributed by atoms with van der Waals surface area (Å²) in [5.74, 6) is 0.353. The molecular formula is C12H14ClNO. The Morgan fingerprint density at radius 1 is 1.40 bits per heavy atom. The highest BCUT2D eigenvalue weighted by Gasteiger charge is 2.24. The molecule has 1 fully saturated rings. The molecule has 15 heavy (non-hydrogen) atoms. The normalized spacial score (nSPS) is 21.9. The number of carbonyl (C=O) groups excluding carboxylic acids is 1. The molecular weight excluding hydrogens is 210 g/mol. The van der Waals surface area contributed by atoms with Crippen LogP contribution in [0.4, 0.5) is 5.69 Å². The van der Waals surface area contributed by atoms with Gasteiger partial charge in [0.15, 0.2) is 0 Å². The van der Waals surface area contributed by atoms with E-state index in [9.17, 15) is 4.79 Å². The molecule has 1 atom stereocenters. The first-order valence-corrected chi connectivity index (χ1v) is 5.59. The lowest BCUT2D eigenvalue weighted by molar-refractivity contribution is -0.120. The highest BCUT2D eigenvalue weighted by Crippen LogP contribution is 2.29. The molecule has 1 aliphatic heterocycles. The number of para-hydroxylation sites is 1. The Morgan fingerprint density at radius 3 is 2.80 bits per heavy atom. The Hall–Kier alpha value is -1.02. The third-order valence-electron chi connectivity index (χ3n) is 2.85. The molecule has 0 spiro atoms. The van der Waals surface area contributed by atoms with Crippen molar-refractivity contribution in [2.24, 2.45) is 0 Å². The van der Waals surface area contributed by atoms with Crippen LogP contribution in [0.2, 0.25) is 5.02 Å². The number of carbonyl (C=O) groups is 1. The van der Waals surface area contributed by atoms with Gasteiger partial charge in [0.05, 0.1) is 10.7 Å². The maximum atomic E-state index is 11.3. The van der Waals surface area contributed by atoms with Gasteiger partial charge in [-0.1, -0.05) is 23.7 Å². The topological polar surface area (TPSA) is 20.3 Å². The number of halogens is 1. The lowest BCUT2D eigenvalue weighted by Gasteiger charge is -2.35. The van der Waals surface area contributed by atoms with Gasteiger partial charge in [0.2, 0.25) is 0 Å². The molecule has 3 heteroatoms. The number of benzene rings is 1. The molecule has 1 aromatic rings. The van der Waals surface area contributed by atoms with Crippen molar-refractivity contribution in [3.05, 3.63) is 29.3 Å². The molecule has 1 heterocycles. The minimum atomic E-state index is 0.256. The van der Waals surface area contributed by atoms with Crippen LogP contribution in [0.5, 0.6) is 0 Å². The fourth-order valence-corrected chi connectivity index (χ4v) is 2.29. The molecule has 0 bridgehead atoms. The molecule has 1 unspecified atom stereocenters. The summed E-state index contributed by atoms with van der Waals surface area (Å²) in [5, 5.41) is 0.763. The van der Waals surface area contributed by atoms with E-state index in [2.05, 4.69) is 11.8 Å². The van der Waals surface area contributed by atoms with Crippen LogP contribution in [0.15, 0.2) is 24.3 Å². The number of hydrogen-bond acceptors (Lipinski definition) is 2. The summed E-state index contributed by atoms with van der Waals surface area (Å²) in [5.41, 5.74) is 1.04. The van der Waals surface area contributed by atoms with Crippen LogP contribution in [-0.4, -0.2) is 18.4 Å². The SMILES string of the molecule is CC1CC(=O)CCN1c1ccccc1Cl. The Bertz CT molecular complexity index is 378. The minimum Gasteiger partial charge on any atom is -0.367 e. The molecule has 1 aliphatic rings. The second kappa shape index (κ2) is 4.23. The van der Waals surface area contributed by atoms with Crippen molar-refractivity contribution < 1.29 is 4.79 Å². The second-order valence-electron chi connectivity index (χ2n) is 3.99. The smallest absolute Gasteiger partial charge is 0.136 e. The Balaban J connectivity index is 2.24. The summed E-state index contributed by atoms with van der Waals surface area (Å²) in [6.07, 6.45) is 1.26. The number of anilines is 1. The first-order valence-electron chi connectivity index (χ1n) is 5.21. The van der Waals surface area contributed by atoms with E-state index >= 15 is 0 Å².